The Morgan fingerprint density at radius 1 is 1.13 bits per heavy atom. The van der Waals surface area contributed by atoms with Crippen LogP contribution in [0.25, 0.3) is 0 Å². The zero-order valence-corrected chi connectivity index (χ0v) is 15.9. The second kappa shape index (κ2) is 7.54. The van der Waals surface area contributed by atoms with E-state index in [2.05, 4.69) is 26.1 Å². The van der Waals surface area contributed by atoms with Gasteiger partial charge in [0.2, 0.25) is 5.91 Å². The van der Waals surface area contributed by atoms with Crippen LogP contribution in [-0.4, -0.2) is 41.6 Å². The fourth-order valence-corrected chi connectivity index (χ4v) is 3.22. The van der Waals surface area contributed by atoms with Crippen LogP contribution < -0.4 is 5.32 Å². The smallest absolute Gasteiger partial charge is 0.407 e. The molecule has 0 aliphatic carbocycles. The van der Waals surface area contributed by atoms with E-state index in [4.69, 9.17) is 4.74 Å². The van der Waals surface area contributed by atoms with Crippen LogP contribution in [0.2, 0.25) is 0 Å². The zero-order chi connectivity index (χ0) is 17.8. The van der Waals surface area contributed by atoms with E-state index in [1.54, 1.807) is 0 Å². The van der Waals surface area contributed by atoms with Crippen LogP contribution in [-0.2, 0) is 9.53 Å². The highest BCUT2D eigenvalue weighted by Crippen LogP contribution is 2.30. The SMILES string of the molecule is CCC(=O)N1CC(CC(C)(C)C)CC(NC(=O)OC(C)(C)C)C1. The Morgan fingerprint density at radius 3 is 2.22 bits per heavy atom. The minimum Gasteiger partial charge on any atom is -0.444 e. The number of likely N-dealkylation sites (tertiary alicyclic amines) is 1. The monoisotopic (exact) mass is 326 g/mol. The molecule has 5 nitrogen and oxygen atoms in total. The van der Waals surface area contributed by atoms with Gasteiger partial charge in [-0.05, 0) is 44.9 Å². The van der Waals surface area contributed by atoms with E-state index in [1.807, 2.05) is 32.6 Å². The first kappa shape index (κ1) is 19.8. The molecule has 0 saturated carbocycles. The molecule has 5 heteroatoms. The summed E-state index contributed by atoms with van der Waals surface area (Å²) in [7, 11) is 0. The standard InChI is InChI=1S/C18H34N2O3/c1-8-15(21)20-11-13(10-17(2,3)4)9-14(12-20)19-16(22)23-18(5,6)7/h13-14H,8-12H2,1-7H3,(H,19,22). The summed E-state index contributed by atoms with van der Waals surface area (Å²) in [5.41, 5.74) is -0.304. The van der Waals surface area contributed by atoms with E-state index >= 15 is 0 Å². The molecule has 1 N–H and O–H groups in total. The molecule has 2 unspecified atom stereocenters. The Balaban J connectivity index is 2.73. The molecule has 1 aliphatic rings. The van der Waals surface area contributed by atoms with Gasteiger partial charge < -0.3 is 15.0 Å². The van der Waals surface area contributed by atoms with Crippen molar-refractivity contribution in [2.75, 3.05) is 13.1 Å². The van der Waals surface area contributed by atoms with Crippen molar-refractivity contribution in [2.24, 2.45) is 11.3 Å². The van der Waals surface area contributed by atoms with Crippen molar-refractivity contribution in [3.63, 3.8) is 0 Å². The molecule has 2 atom stereocenters. The number of hydrogen-bond acceptors (Lipinski definition) is 3. The molecule has 1 fully saturated rings. The lowest BCUT2D eigenvalue weighted by Gasteiger charge is -2.40. The van der Waals surface area contributed by atoms with E-state index in [0.717, 1.165) is 19.4 Å². The van der Waals surface area contributed by atoms with Crippen LogP contribution >= 0.6 is 0 Å². The molecule has 23 heavy (non-hydrogen) atoms. The number of nitrogens with zero attached hydrogens (tertiary/aromatic N) is 1. The number of carbonyl (C=O) groups excluding carboxylic acids is 2. The number of rotatable bonds is 3. The fraction of sp³-hybridized carbons (Fsp3) is 0.889. The van der Waals surface area contributed by atoms with Gasteiger partial charge in [0, 0.05) is 19.5 Å². The van der Waals surface area contributed by atoms with E-state index in [0.29, 0.717) is 18.9 Å². The molecule has 0 aromatic rings. The van der Waals surface area contributed by atoms with Gasteiger partial charge in [0.15, 0.2) is 0 Å². The Morgan fingerprint density at radius 2 is 1.74 bits per heavy atom. The second-order valence-corrected chi connectivity index (χ2v) is 8.86. The van der Waals surface area contributed by atoms with Crippen molar-refractivity contribution in [3.8, 4) is 0 Å². The lowest BCUT2D eigenvalue weighted by Crippen LogP contribution is -2.53. The molecule has 0 spiro atoms. The lowest BCUT2D eigenvalue weighted by atomic mass is 9.80. The van der Waals surface area contributed by atoms with Gasteiger partial charge in [-0.15, -0.1) is 0 Å². The third-order valence-corrected chi connectivity index (χ3v) is 3.81. The first-order valence-electron chi connectivity index (χ1n) is 8.67. The number of hydrogen-bond donors (Lipinski definition) is 1. The number of carbonyl (C=O) groups is 2. The van der Waals surface area contributed by atoms with Crippen molar-refractivity contribution in [3.05, 3.63) is 0 Å². The molecule has 0 radical (unpaired) electrons. The number of alkyl carbamates (subject to hydrolysis) is 1. The number of ether oxygens (including phenoxy) is 1. The molecule has 1 aliphatic heterocycles. The minimum atomic E-state index is -0.511. The highest BCUT2D eigenvalue weighted by atomic mass is 16.6. The lowest BCUT2D eigenvalue weighted by molar-refractivity contribution is -0.133. The van der Waals surface area contributed by atoms with E-state index in [9.17, 15) is 9.59 Å². The molecule has 0 bridgehead atoms. The summed E-state index contributed by atoms with van der Waals surface area (Å²) in [6, 6.07) is -0.0403. The van der Waals surface area contributed by atoms with Crippen molar-refractivity contribution in [1.82, 2.24) is 10.2 Å². The summed E-state index contributed by atoms with van der Waals surface area (Å²) >= 11 is 0. The number of amides is 2. The van der Waals surface area contributed by atoms with Crippen LogP contribution in [0.3, 0.4) is 0 Å². The van der Waals surface area contributed by atoms with Crippen LogP contribution in [0.4, 0.5) is 4.79 Å². The largest absolute Gasteiger partial charge is 0.444 e. The predicted octanol–water partition coefficient (Wildman–Crippen LogP) is 3.57. The van der Waals surface area contributed by atoms with Gasteiger partial charge in [-0.2, -0.15) is 0 Å². The predicted molar refractivity (Wildman–Crippen MR) is 92.2 cm³/mol. The fourth-order valence-electron chi connectivity index (χ4n) is 3.22. The molecular weight excluding hydrogens is 292 g/mol. The quantitative estimate of drug-likeness (QED) is 0.862. The van der Waals surface area contributed by atoms with E-state index in [1.165, 1.54) is 0 Å². The van der Waals surface area contributed by atoms with Crippen LogP contribution in [0.1, 0.15) is 67.7 Å². The highest BCUT2D eigenvalue weighted by Gasteiger charge is 2.33. The van der Waals surface area contributed by atoms with Crippen LogP contribution in [0, 0.1) is 11.3 Å². The minimum absolute atomic E-state index is 0.0403. The van der Waals surface area contributed by atoms with E-state index in [-0.39, 0.29) is 17.4 Å². The topological polar surface area (TPSA) is 58.6 Å². The maximum absolute atomic E-state index is 12.1. The van der Waals surface area contributed by atoms with Gasteiger partial charge in [-0.3, -0.25) is 4.79 Å². The maximum atomic E-state index is 12.1. The Kier molecular flexibility index (Phi) is 6.49. The van der Waals surface area contributed by atoms with E-state index < -0.39 is 11.7 Å². The van der Waals surface area contributed by atoms with Gasteiger partial charge in [-0.25, -0.2) is 4.79 Å². The van der Waals surface area contributed by atoms with Gasteiger partial charge >= 0.3 is 6.09 Å². The average molecular weight is 326 g/mol. The molecule has 1 rings (SSSR count). The Hall–Kier alpha value is -1.26. The average Bonchev–Trinajstić information content (AvgIpc) is 2.32. The van der Waals surface area contributed by atoms with Crippen molar-refractivity contribution in [1.29, 1.82) is 0 Å². The third-order valence-electron chi connectivity index (χ3n) is 3.81. The van der Waals surface area contributed by atoms with Crippen molar-refractivity contribution < 1.29 is 14.3 Å². The molecule has 1 heterocycles. The van der Waals surface area contributed by atoms with Gasteiger partial charge in [0.1, 0.15) is 5.60 Å². The first-order chi connectivity index (χ1) is 10.4. The van der Waals surface area contributed by atoms with Crippen LogP contribution in [0.15, 0.2) is 0 Å². The molecule has 0 aromatic carbocycles. The summed E-state index contributed by atoms with van der Waals surface area (Å²) in [6.45, 7) is 15.4. The molecule has 2 amide bonds. The third kappa shape index (κ3) is 7.71. The number of piperidine rings is 1. The van der Waals surface area contributed by atoms with Gasteiger partial charge in [-0.1, -0.05) is 27.7 Å². The molecule has 0 aromatic heterocycles. The van der Waals surface area contributed by atoms with Crippen molar-refractivity contribution in [2.45, 2.75) is 79.4 Å². The van der Waals surface area contributed by atoms with Crippen molar-refractivity contribution >= 4 is 12.0 Å². The molecule has 134 valence electrons. The normalized spacial score (nSPS) is 22.7. The summed E-state index contributed by atoms with van der Waals surface area (Å²) in [5, 5.41) is 2.95. The van der Waals surface area contributed by atoms with Gasteiger partial charge in [0.05, 0.1) is 6.04 Å². The summed E-state index contributed by atoms with van der Waals surface area (Å²) in [6.07, 6.45) is 2.03. The molecular formula is C18H34N2O3. The highest BCUT2D eigenvalue weighted by molar-refractivity contribution is 5.76. The summed E-state index contributed by atoms with van der Waals surface area (Å²) in [4.78, 5) is 26.0. The zero-order valence-electron chi connectivity index (χ0n) is 15.9. The Labute approximate surface area is 141 Å². The Bertz CT molecular complexity index is 421. The molecule has 1 saturated heterocycles. The summed E-state index contributed by atoms with van der Waals surface area (Å²) in [5.74, 6) is 0.554. The maximum Gasteiger partial charge on any atom is 0.407 e. The van der Waals surface area contributed by atoms with Gasteiger partial charge in [0.25, 0.3) is 0 Å². The first-order valence-corrected chi connectivity index (χ1v) is 8.67. The van der Waals surface area contributed by atoms with Crippen LogP contribution in [0.5, 0.6) is 0 Å². The number of nitrogens with one attached hydrogen (secondary N) is 1. The second-order valence-electron chi connectivity index (χ2n) is 8.86. The summed E-state index contributed by atoms with van der Waals surface area (Å²) < 4.78 is 5.35.